The number of aromatic nitrogens is 1. The highest BCUT2D eigenvalue weighted by atomic mass is 16.5. The van der Waals surface area contributed by atoms with E-state index < -0.39 is 5.41 Å². The summed E-state index contributed by atoms with van der Waals surface area (Å²) in [7, 11) is 0. The molecule has 5 nitrogen and oxygen atoms in total. The normalized spacial score (nSPS) is 28.0. The molecular formula is C30H37N2O3+. The molecule has 2 bridgehead atoms. The van der Waals surface area contributed by atoms with Crippen molar-refractivity contribution in [1.82, 2.24) is 4.98 Å². The van der Waals surface area contributed by atoms with Gasteiger partial charge in [-0.1, -0.05) is 62.1 Å². The first-order valence-electron chi connectivity index (χ1n) is 13.5. The standard InChI is InChI=1S/C30H37N2O3/c1-22-11-12-25-26(19-22)34-28(31-25)21-32-17-13-23(14-18-32)27(20-32)35-29(33)30(15-7-2-3-8-16-30)24-9-5-4-6-10-24/h4-6,9-12,19,23,27H,2-3,7-8,13-18,20-21H2,1H3/q+1/t23?,27-,32?/m0/s1. The average Bonchev–Trinajstić information content (AvgIpc) is 3.09. The number of ether oxygens (including phenoxy) is 1. The number of carbonyl (C=O) groups is 1. The summed E-state index contributed by atoms with van der Waals surface area (Å²) in [5.74, 6) is 1.30. The van der Waals surface area contributed by atoms with Gasteiger partial charge in [0.25, 0.3) is 5.89 Å². The second kappa shape index (κ2) is 9.09. The van der Waals surface area contributed by atoms with E-state index >= 15 is 0 Å². The molecule has 1 saturated carbocycles. The van der Waals surface area contributed by atoms with Crippen LogP contribution in [0.2, 0.25) is 0 Å². The first-order valence-corrected chi connectivity index (χ1v) is 13.5. The maximum absolute atomic E-state index is 14.0. The van der Waals surface area contributed by atoms with Crippen molar-refractivity contribution in [2.24, 2.45) is 5.92 Å². The SMILES string of the molecule is Cc1ccc2nc(C[N+]34CCC(CC3)[C@@H](OC(=O)C3(c5ccccc5)CCCCCC3)C4)oc2c1. The van der Waals surface area contributed by atoms with Crippen molar-refractivity contribution >= 4 is 17.1 Å². The molecule has 0 radical (unpaired) electrons. The van der Waals surface area contributed by atoms with E-state index in [0.29, 0.717) is 5.92 Å². The fourth-order valence-corrected chi connectivity index (χ4v) is 6.96. The molecule has 3 aromatic rings. The van der Waals surface area contributed by atoms with Gasteiger partial charge >= 0.3 is 5.97 Å². The second-order valence-corrected chi connectivity index (χ2v) is 11.4. The Balaban J connectivity index is 1.22. The summed E-state index contributed by atoms with van der Waals surface area (Å²) >= 11 is 0. The Kier molecular flexibility index (Phi) is 5.92. The fraction of sp³-hybridized carbons (Fsp3) is 0.533. The average molecular weight is 474 g/mol. The molecule has 0 unspecified atom stereocenters. The molecule has 4 fully saturated rings. The fourth-order valence-electron chi connectivity index (χ4n) is 6.96. The molecule has 0 N–H and O–H groups in total. The molecule has 1 aliphatic carbocycles. The molecule has 3 aliphatic heterocycles. The van der Waals surface area contributed by atoms with E-state index in [1.165, 1.54) is 18.4 Å². The lowest BCUT2D eigenvalue weighted by Gasteiger charge is -2.51. The van der Waals surface area contributed by atoms with Crippen molar-refractivity contribution in [2.75, 3.05) is 19.6 Å². The number of oxazole rings is 1. The topological polar surface area (TPSA) is 52.3 Å². The van der Waals surface area contributed by atoms with Crippen molar-refractivity contribution in [3.05, 3.63) is 65.5 Å². The summed E-state index contributed by atoms with van der Waals surface area (Å²) in [4.78, 5) is 18.8. The minimum absolute atomic E-state index is 0.0135. The first kappa shape index (κ1) is 22.8. The first-order chi connectivity index (χ1) is 17.1. The number of hydrogen-bond donors (Lipinski definition) is 0. The summed E-state index contributed by atoms with van der Waals surface area (Å²) < 4.78 is 13.6. The monoisotopic (exact) mass is 473 g/mol. The van der Waals surface area contributed by atoms with Crippen LogP contribution in [0.5, 0.6) is 0 Å². The molecule has 35 heavy (non-hydrogen) atoms. The van der Waals surface area contributed by atoms with Crippen molar-refractivity contribution in [3.63, 3.8) is 0 Å². The number of rotatable bonds is 5. The lowest BCUT2D eigenvalue weighted by Crippen LogP contribution is -2.64. The number of aryl methyl sites for hydroxylation is 1. The quantitative estimate of drug-likeness (QED) is 0.256. The Morgan fingerprint density at radius 1 is 1.06 bits per heavy atom. The van der Waals surface area contributed by atoms with Gasteiger partial charge in [0.15, 0.2) is 18.2 Å². The van der Waals surface area contributed by atoms with Gasteiger partial charge in [0, 0.05) is 18.8 Å². The lowest BCUT2D eigenvalue weighted by molar-refractivity contribution is -0.959. The molecule has 0 spiro atoms. The summed E-state index contributed by atoms with van der Waals surface area (Å²) in [6.07, 6.45) is 8.59. The van der Waals surface area contributed by atoms with Gasteiger partial charge < -0.3 is 13.6 Å². The highest BCUT2D eigenvalue weighted by Gasteiger charge is 2.50. The summed E-state index contributed by atoms with van der Waals surface area (Å²) in [5, 5.41) is 0. The molecule has 184 valence electrons. The highest BCUT2D eigenvalue weighted by Crippen LogP contribution is 2.42. The van der Waals surface area contributed by atoms with Crippen LogP contribution in [0.4, 0.5) is 0 Å². The Hall–Kier alpha value is -2.66. The van der Waals surface area contributed by atoms with Gasteiger partial charge in [-0.15, -0.1) is 0 Å². The number of nitrogens with zero attached hydrogens (tertiary/aromatic N) is 2. The number of hydrogen-bond acceptors (Lipinski definition) is 4. The Labute approximate surface area is 208 Å². The van der Waals surface area contributed by atoms with Gasteiger partial charge in [-0.2, -0.15) is 0 Å². The van der Waals surface area contributed by atoms with E-state index in [9.17, 15) is 4.79 Å². The largest absolute Gasteiger partial charge is 0.455 e. The van der Waals surface area contributed by atoms with Crippen LogP contribution in [-0.2, 0) is 21.5 Å². The number of carbonyl (C=O) groups excluding carboxylic acids is 1. The highest BCUT2D eigenvalue weighted by molar-refractivity contribution is 5.83. The Morgan fingerprint density at radius 3 is 2.54 bits per heavy atom. The van der Waals surface area contributed by atoms with Gasteiger partial charge in [0.2, 0.25) is 0 Å². The summed E-state index contributed by atoms with van der Waals surface area (Å²) in [5.41, 5.74) is 3.62. The van der Waals surface area contributed by atoms with E-state index in [1.54, 1.807) is 0 Å². The zero-order valence-electron chi connectivity index (χ0n) is 20.9. The minimum atomic E-state index is -0.493. The van der Waals surface area contributed by atoms with E-state index in [-0.39, 0.29) is 12.1 Å². The van der Waals surface area contributed by atoms with Crippen molar-refractivity contribution in [3.8, 4) is 0 Å². The minimum Gasteiger partial charge on any atom is -0.455 e. The third kappa shape index (κ3) is 4.29. The molecule has 1 atom stereocenters. The summed E-state index contributed by atoms with van der Waals surface area (Å²) in [6.45, 7) is 5.95. The zero-order chi connectivity index (χ0) is 23.9. The van der Waals surface area contributed by atoms with Gasteiger partial charge in [-0.3, -0.25) is 4.79 Å². The molecule has 3 saturated heterocycles. The molecular weight excluding hydrogens is 436 g/mol. The van der Waals surface area contributed by atoms with E-state index in [4.69, 9.17) is 14.1 Å². The van der Waals surface area contributed by atoms with Crippen LogP contribution < -0.4 is 0 Å². The van der Waals surface area contributed by atoms with Crippen LogP contribution in [0, 0.1) is 12.8 Å². The Bertz CT molecular complexity index is 1180. The van der Waals surface area contributed by atoms with Crippen LogP contribution in [0.3, 0.4) is 0 Å². The van der Waals surface area contributed by atoms with E-state index in [0.717, 1.165) is 91.7 Å². The van der Waals surface area contributed by atoms with Crippen molar-refractivity contribution in [1.29, 1.82) is 0 Å². The van der Waals surface area contributed by atoms with Crippen LogP contribution >= 0.6 is 0 Å². The summed E-state index contributed by atoms with van der Waals surface area (Å²) in [6, 6.07) is 16.6. The molecule has 7 rings (SSSR count). The van der Waals surface area contributed by atoms with Crippen LogP contribution in [0.15, 0.2) is 52.9 Å². The molecule has 4 aliphatic rings. The molecule has 1 aromatic heterocycles. The predicted molar refractivity (Wildman–Crippen MR) is 136 cm³/mol. The zero-order valence-corrected chi connectivity index (χ0v) is 20.9. The van der Waals surface area contributed by atoms with Gasteiger partial charge in [0.1, 0.15) is 12.1 Å². The van der Waals surface area contributed by atoms with E-state index in [1.807, 2.05) is 12.1 Å². The van der Waals surface area contributed by atoms with Crippen LogP contribution in [-0.4, -0.2) is 41.2 Å². The third-order valence-corrected chi connectivity index (χ3v) is 9.03. The maximum atomic E-state index is 14.0. The number of piperidine rings is 3. The van der Waals surface area contributed by atoms with Gasteiger partial charge in [-0.05, 0) is 43.0 Å². The van der Waals surface area contributed by atoms with Crippen molar-refractivity contribution in [2.45, 2.75) is 76.4 Å². The van der Waals surface area contributed by atoms with Crippen LogP contribution in [0.1, 0.15) is 68.4 Å². The predicted octanol–water partition coefficient (Wildman–Crippen LogP) is 6.08. The van der Waals surface area contributed by atoms with Gasteiger partial charge in [0.05, 0.1) is 18.5 Å². The number of benzene rings is 2. The third-order valence-electron chi connectivity index (χ3n) is 9.03. The van der Waals surface area contributed by atoms with Gasteiger partial charge in [-0.25, -0.2) is 4.98 Å². The molecule has 2 aromatic carbocycles. The maximum Gasteiger partial charge on any atom is 0.317 e. The van der Waals surface area contributed by atoms with Crippen molar-refractivity contribution < 1.29 is 18.4 Å². The number of fused-ring (bicyclic) bond motifs is 4. The molecule has 4 heterocycles. The number of esters is 1. The smallest absolute Gasteiger partial charge is 0.317 e. The second-order valence-electron chi connectivity index (χ2n) is 11.4. The molecule has 0 amide bonds. The lowest BCUT2D eigenvalue weighted by atomic mass is 9.74. The van der Waals surface area contributed by atoms with Crippen LogP contribution in [0.25, 0.3) is 11.1 Å². The van der Waals surface area contributed by atoms with E-state index in [2.05, 4.69) is 43.3 Å². The Morgan fingerprint density at radius 2 is 1.80 bits per heavy atom. The molecule has 5 heteroatoms. The number of quaternary nitrogens is 1.